The molecule has 1 amide bonds. The summed E-state index contributed by atoms with van der Waals surface area (Å²) in [7, 11) is 0. The van der Waals surface area contributed by atoms with Crippen LogP contribution in [0, 0.1) is 0 Å². The highest BCUT2D eigenvalue weighted by Gasteiger charge is 2.26. The Balaban J connectivity index is 3.03. The standard InChI is InChI=1S/C12H13ClN2O5/c13-7-2-1-3-8(4-7)15(6-11(18)19)12(20)9(14)5-10(16)17/h1-4,9H,5-6,14H2,(H,16,17)(H,18,19). The minimum Gasteiger partial charge on any atom is -0.481 e. The number of hydrogen-bond donors (Lipinski definition) is 3. The fourth-order valence-electron chi connectivity index (χ4n) is 1.55. The molecule has 7 nitrogen and oxygen atoms in total. The van der Waals surface area contributed by atoms with Crippen molar-refractivity contribution in [1.29, 1.82) is 0 Å². The molecule has 0 aliphatic heterocycles. The van der Waals surface area contributed by atoms with Crippen LogP contribution < -0.4 is 10.6 Å². The summed E-state index contributed by atoms with van der Waals surface area (Å²) < 4.78 is 0. The van der Waals surface area contributed by atoms with Gasteiger partial charge in [-0.05, 0) is 18.2 Å². The van der Waals surface area contributed by atoms with Gasteiger partial charge in [-0.25, -0.2) is 0 Å². The van der Waals surface area contributed by atoms with Crippen molar-refractivity contribution in [3.8, 4) is 0 Å². The molecule has 1 atom stereocenters. The number of amides is 1. The van der Waals surface area contributed by atoms with Crippen LogP contribution >= 0.6 is 11.6 Å². The highest BCUT2D eigenvalue weighted by Crippen LogP contribution is 2.20. The molecule has 0 spiro atoms. The van der Waals surface area contributed by atoms with Crippen LogP contribution in [0.5, 0.6) is 0 Å². The van der Waals surface area contributed by atoms with Gasteiger partial charge in [0.25, 0.3) is 0 Å². The summed E-state index contributed by atoms with van der Waals surface area (Å²) in [5, 5.41) is 17.8. The highest BCUT2D eigenvalue weighted by atomic mass is 35.5. The lowest BCUT2D eigenvalue weighted by Gasteiger charge is -2.23. The zero-order valence-electron chi connectivity index (χ0n) is 10.3. The van der Waals surface area contributed by atoms with Gasteiger partial charge in [0.1, 0.15) is 6.54 Å². The Bertz CT molecular complexity index is 534. The van der Waals surface area contributed by atoms with Gasteiger partial charge in [-0.3, -0.25) is 19.3 Å². The van der Waals surface area contributed by atoms with E-state index in [4.69, 9.17) is 27.5 Å². The van der Waals surface area contributed by atoms with Gasteiger partial charge < -0.3 is 15.9 Å². The molecular formula is C12H13ClN2O5. The van der Waals surface area contributed by atoms with Gasteiger partial charge in [0.2, 0.25) is 5.91 Å². The van der Waals surface area contributed by atoms with E-state index in [9.17, 15) is 14.4 Å². The van der Waals surface area contributed by atoms with Gasteiger partial charge >= 0.3 is 11.9 Å². The number of anilines is 1. The predicted octanol–water partition coefficient (Wildman–Crippen LogP) is 0.560. The Kier molecular flexibility index (Phi) is 5.48. The van der Waals surface area contributed by atoms with Gasteiger partial charge in [-0.1, -0.05) is 17.7 Å². The first-order valence-electron chi connectivity index (χ1n) is 5.57. The molecule has 0 aliphatic rings. The summed E-state index contributed by atoms with van der Waals surface area (Å²) in [6.45, 7) is -0.632. The Labute approximate surface area is 119 Å². The van der Waals surface area contributed by atoms with Crippen LogP contribution in [-0.2, 0) is 14.4 Å². The fraction of sp³-hybridized carbons (Fsp3) is 0.250. The Morgan fingerprint density at radius 1 is 1.25 bits per heavy atom. The van der Waals surface area contributed by atoms with Crippen molar-refractivity contribution in [1.82, 2.24) is 0 Å². The number of carboxylic acids is 2. The average molecular weight is 301 g/mol. The van der Waals surface area contributed by atoms with Crippen molar-refractivity contribution < 1.29 is 24.6 Å². The SMILES string of the molecule is NC(CC(=O)O)C(=O)N(CC(=O)O)c1cccc(Cl)c1. The molecule has 0 fully saturated rings. The van der Waals surface area contributed by atoms with Crippen LogP contribution in [0.1, 0.15) is 6.42 Å². The van der Waals surface area contributed by atoms with E-state index < -0.39 is 36.9 Å². The molecule has 1 rings (SSSR count). The number of aliphatic carboxylic acids is 2. The van der Waals surface area contributed by atoms with E-state index in [1.807, 2.05) is 0 Å². The summed E-state index contributed by atoms with van der Waals surface area (Å²) in [4.78, 5) is 34.3. The maximum Gasteiger partial charge on any atom is 0.323 e. The van der Waals surface area contributed by atoms with Crippen LogP contribution in [0.3, 0.4) is 0 Å². The number of nitrogens with zero attached hydrogens (tertiary/aromatic N) is 1. The van der Waals surface area contributed by atoms with Crippen molar-refractivity contribution in [2.24, 2.45) is 5.73 Å². The van der Waals surface area contributed by atoms with Crippen molar-refractivity contribution in [3.63, 3.8) is 0 Å². The molecule has 20 heavy (non-hydrogen) atoms. The monoisotopic (exact) mass is 300 g/mol. The summed E-state index contributed by atoms with van der Waals surface area (Å²) in [6, 6.07) is 4.66. The van der Waals surface area contributed by atoms with Gasteiger partial charge in [-0.15, -0.1) is 0 Å². The van der Waals surface area contributed by atoms with Crippen LogP contribution in [0.25, 0.3) is 0 Å². The quantitative estimate of drug-likeness (QED) is 0.706. The van der Waals surface area contributed by atoms with Crippen LogP contribution in [-0.4, -0.2) is 40.6 Å². The average Bonchev–Trinajstić information content (AvgIpc) is 2.34. The third-order valence-corrected chi connectivity index (χ3v) is 2.63. The molecule has 1 aromatic carbocycles. The van der Waals surface area contributed by atoms with Crippen molar-refractivity contribution in [2.75, 3.05) is 11.4 Å². The first kappa shape index (κ1) is 15.9. The molecular weight excluding hydrogens is 288 g/mol. The smallest absolute Gasteiger partial charge is 0.323 e. The molecule has 0 heterocycles. The lowest BCUT2D eigenvalue weighted by molar-refractivity contribution is -0.139. The normalized spacial score (nSPS) is 11.7. The second-order valence-corrected chi connectivity index (χ2v) is 4.44. The van der Waals surface area contributed by atoms with Gasteiger partial charge in [0.05, 0.1) is 12.5 Å². The first-order chi connectivity index (χ1) is 9.31. The zero-order chi connectivity index (χ0) is 15.3. The molecule has 0 bridgehead atoms. The Hall–Kier alpha value is -2.12. The molecule has 0 aliphatic carbocycles. The lowest BCUT2D eigenvalue weighted by atomic mass is 10.1. The van der Waals surface area contributed by atoms with Gasteiger partial charge in [-0.2, -0.15) is 0 Å². The second kappa shape index (κ2) is 6.88. The number of carbonyl (C=O) groups excluding carboxylic acids is 1. The number of carboxylic acid groups (broad SMARTS) is 2. The topological polar surface area (TPSA) is 121 Å². The fourth-order valence-corrected chi connectivity index (χ4v) is 1.74. The minimum absolute atomic E-state index is 0.241. The minimum atomic E-state index is -1.33. The number of nitrogens with two attached hydrogens (primary N) is 1. The van der Waals surface area contributed by atoms with E-state index in [1.165, 1.54) is 12.1 Å². The summed E-state index contributed by atoms with van der Waals surface area (Å²) in [5.74, 6) is -3.29. The van der Waals surface area contributed by atoms with E-state index >= 15 is 0 Å². The molecule has 1 unspecified atom stereocenters. The number of benzene rings is 1. The van der Waals surface area contributed by atoms with Crippen LogP contribution in [0.2, 0.25) is 5.02 Å². The summed E-state index contributed by atoms with van der Waals surface area (Å²) in [6.07, 6.45) is -0.588. The van der Waals surface area contributed by atoms with Gasteiger partial charge in [0.15, 0.2) is 0 Å². The second-order valence-electron chi connectivity index (χ2n) is 4.00. The zero-order valence-corrected chi connectivity index (χ0v) is 11.1. The largest absolute Gasteiger partial charge is 0.481 e. The molecule has 0 aromatic heterocycles. The van der Waals surface area contributed by atoms with Crippen molar-refractivity contribution in [2.45, 2.75) is 12.5 Å². The molecule has 0 radical (unpaired) electrons. The highest BCUT2D eigenvalue weighted by molar-refractivity contribution is 6.31. The number of rotatable bonds is 6. The van der Waals surface area contributed by atoms with E-state index in [2.05, 4.69) is 0 Å². The Morgan fingerprint density at radius 3 is 2.40 bits per heavy atom. The molecule has 1 aromatic rings. The predicted molar refractivity (Wildman–Crippen MR) is 71.7 cm³/mol. The summed E-state index contributed by atoms with van der Waals surface area (Å²) >= 11 is 5.78. The first-order valence-corrected chi connectivity index (χ1v) is 5.95. The van der Waals surface area contributed by atoms with E-state index in [0.717, 1.165) is 4.90 Å². The molecule has 108 valence electrons. The van der Waals surface area contributed by atoms with E-state index in [0.29, 0.717) is 5.02 Å². The third kappa shape index (κ3) is 4.52. The molecule has 8 heteroatoms. The maximum absolute atomic E-state index is 12.1. The maximum atomic E-state index is 12.1. The van der Waals surface area contributed by atoms with Crippen molar-refractivity contribution in [3.05, 3.63) is 29.3 Å². The third-order valence-electron chi connectivity index (χ3n) is 2.39. The number of carbonyl (C=O) groups is 3. The number of hydrogen-bond acceptors (Lipinski definition) is 4. The van der Waals surface area contributed by atoms with Crippen LogP contribution in [0.15, 0.2) is 24.3 Å². The van der Waals surface area contributed by atoms with E-state index in [1.54, 1.807) is 12.1 Å². The Morgan fingerprint density at radius 2 is 1.90 bits per heavy atom. The summed E-state index contributed by atoms with van der Waals surface area (Å²) in [5.41, 5.74) is 5.71. The van der Waals surface area contributed by atoms with Gasteiger partial charge in [0, 0.05) is 10.7 Å². The van der Waals surface area contributed by atoms with Crippen LogP contribution in [0.4, 0.5) is 5.69 Å². The lowest BCUT2D eigenvalue weighted by Crippen LogP contribution is -2.47. The molecule has 0 saturated carbocycles. The van der Waals surface area contributed by atoms with E-state index in [-0.39, 0.29) is 5.69 Å². The number of halogens is 1. The molecule has 4 N–H and O–H groups in total. The van der Waals surface area contributed by atoms with Crippen molar-refractivity contribution >= 4 is 35.1 Å². The molecule has 0 saturated heterocycles.